The summed E-state index contributed by atoms with van der Waals surface area (Å²) in [5, 5.41) is 0. The molecule has 0 unspecified atom stereocenters. The van der Waals surface area contributed by atoms with E-state index in [1.165, 1.54) is 11.1 Å². The largest absolute Gasteiger partial charge is 0.399 e. The molecule has 0 amide bonds. The zero-order valence-electron chi connectivity index (χ0n) is 10.5. The topological polar surface area (TPSA) is 43.8 Å². The molecule has 0 aliphatic rings. The standard InChI is InChI=1S/C15H15N3/c1-10-6-14-15(7-11(10)2)18(9-17-14)13-5-3-4-12(16)8-13/h3-9H,16H2,1-2H3. The first-order valence-corrected chi connectivity index (χ1v) is 5.95. The fourth-order valence-corrected chi connectivity index (χ4v) is 2.14. The van der Waals surface area contributed by atoms with E-state index in [1.54, 1.807) is 0 Å². The molecule has 0 aliphatic carbocycles. The molecule has 0 saturated heterocycles. The molecule has 0 atom stereocenters. The van der Waals surface area contributed by atoms with Gasteiger partial charge in [-0.3, -0.25) is 4.57 Å². The molecule has 3 rings (SSSR count). The fourth-order valence-electron chi connectivity index (χ4n) is 2.14. The average Bonchev–Trinajstić information content (AvgIpc) is 2.73. The Balaban J connectivity index is 2.27. The van der Waals surface area contributed by atoms with Crippen LogP contribution in [0.4, 0.5) is 5.69 Å². The van der Waals surface area contributed by atoms with Crippen LogP contribution in [-0.2, 0) is 0 Å². The highest BCUT2D eigenvalue weighted by Gasteiger charge is 2.06. The van der Waals surface area contributed by atoms with Gasteiger partial charge >= 0.3 is 0 Å². The first-order valence-electron chi connectivity index (χ1n) is 5.95. The van der Waals surface area contributed by atoms with E-state index < -0.39 is 0 Å². The van der Waals surface area contributed by atoms with E-state index in [9.17, 15) is 0 Å². The van der Waals surface area contributed by atoms with Crippen molar-refractivity contribution in [2.24, 2.45) is 0 Å². The third-order valence-electron chi connectivity index (χ3n) is 3.31. The van der Waals surface area contributed by atoms with Crippen molar-refractivity contribution in [2.75, 3.05) is 5.73 Å². The Morgan fingerprint density at radius 1 is 1.06 bits per heavy atom. The summed E-state index contributed by atoms with van der Waals surface area (Å²) < 4.78 is 2.07. The van der Waals surface area contributed by atoms with Crippen LogP contribution in [0.15, 0.2) is 42.7 Å². The number of nitrogens with zero attached hydrogens (tertiary/aromatic N) is 2. The predicted molar refractivity (Wildman–Crippen MR) is 75.0 cm³/mol. The molecule has 1 aromatic heterocycles. The molecule has 0 saturated carbocycles. The Hall–Kier alpha value is -2.29. The zero-order chi connectivity index (χ0) is 12.7. The van der Waals surface area contributed by atoms with E-state index in [0.29, 0.717) is 0 Å². The van der Waals surface area contributed by atoms with Crippen LogP contribution in [0.5, 0.6) is 0 Å². The summed E-state index contributed by atoms with van der Waals surface area (Å²) in [6, 6.07) is 12.1. The van der Waals surface area contributed by atoms with Crippen LogP contribution >= 0.6 is 0 Å². The molecule has 90 valence electrons. The van der Waals surface area contributed by atoms with Crippen molar-refractivity contribution in [3.63, 3.8) is 0 Å². The minimum Gasteiger partial charge on any atom is -0.399 e. The summed E-state index contributed by atoms with van der Waals surface area (Å²) in [7, 11) is 0. The Morgan fingerprint density at radius 3 is 2.61 bits per heavy atom. The van der Waals surface area contributed by atoms with Crippen molar-refractivity contribution in [1.29, 1.82) is 0 Å². The first kappa shape index (κ1) is 10.8. The lowest BCUT2D eigenvalue weighted by Crippen LogP contribution is -1.94. The lowest BCUT2D eigenvalue weighted by atomic mass is 10.1. The van der Waals surface area contributed by atoms with E-state index in [4.69, 9.17) is 5.73 Å². The number of aryl methyl sites for hydroxylation is 2. The summed E-state index contributed by atoms with van der Waals surface area (Å²) in [5.41, 5.74) is 12.3. The number of imidazole rings is 1. The van der Waals surface area contributed by atoms with Gasteiger partial charge in [0.05, 0.1) is 11.0 Å². The Bertz CT molecular complexity index is 726. The third kappa shape index (κ3) is 1.64. The number of nitrogens with two attached hydrogens (primary N) is 1. The van der Waals surface area contributed by atoms with Crippen molar-refractivity contribution in [3.8, 4) is 5.69 Å². The van der Waals surface area contributed by atoms with E-state index >= 15 is 0 Å². The van der Waals surface area contributed by atoms with Gasteiger partial charge in [-0.2, -0.15) is 0 Å². The summed E-state index contributed by atoms with van der Waals surface area (Å²) >= 11 is 0. The van der Waals surface area contributed by atoms with E-state index in [0.717, 1.165) is 22.4 Å². The molecule has 0 aliphatic heterocycles. The quantitative estimate of drug-likeness (QED) is 0.660. The third-order valence-corrected chi connectivity index (χ3v) is 3.31. The second-order valence-electron chi connectivity index (χ2n) is 4.63. The maximum atomic E-state index is 5.83. The summed E-state index contributed by atoms with van der Waals surface area (Å²) in [6.45, 7) is 4.22. The molecular formula is C15H15N3. The molecule has 0 spiro atoms. The molecule has 0 radical (unpaired) electrons. The number of nitrogen functional groups attached to an aromatic ring is 1. The SMILES string of the molecule is Cc1cc2ncn(-c3cccc(N)c3)c2cc1C. The summed E-state index contributed by atoms with van der Waals surface area (Å²) in [4.78, 5) is 4.45. The number of fused-ring (bicyclic) bond motifs is 1. The van der Waals surface area contributed by atoms with Crippen LogP contribution in [0.1, 0.15) is 11.1 Å². The number of anilines is 1. The maximum Gasteiger partial charge on any atom is 0.100 e. The minimum absolute atomic E-state index is 0.762. The molecule has 3 heteroatoms. The molecule has 0 fully saturated rings. The number of benzene rings is 2. The van der Waals surface area contributed by atoms with Crippen molar-refractivity contribution >= 4 is 16.7 Å². The van der Waals surface area contributed by atoms with Crippen molar-refractivity contribution in [1.82, 2.24) is 9.55 Å². The number of hydrogen-bond donors (Lipinski definition) is 1. The van der Waals surface area contributed by atoms with Gasteiger partial charge in [-0.25, -0.2) is 4.98 Å². The molecule has 1 heterocycles. The van der Waals surface area contributed by atoms with Gasteiger partial charge in [-0.05, 0) is 55.3 Å². The van der Waals surface area contributed by atoms with Gasteiger partial charge < -0.3 is 5.73 Å². The highest BCUT2D eigenvalue weighted by Crippen LogP contribution is 2.22. The van der Waals surface area contributed by atoms with Crippen molar-refractivity contribution in [3.05, 3.63) is 53.9 Å². The van der Waals surface area contributed by atoms with Gasteiger partial charge in [-0.1, -0.05) is 6.07 Å². The first-order chi connectivity index (χ1) is 8.65. The fraction of sp³-hybridized carbons (Fsp3) is 0.133. The predicted octanol–water partition coefficient (Wildman–Crippen LogP) is 3.22. The highest BCUT2D eigenvalue weighted by atomic mass is 15.0. The molecule has 3 aromatic rings. The number of hydrogen-bond acceptors (Lipinski definition) is 2. The zero-order valence-corrected chi connectivity index (χ0v) is 10.5. The molecule has 3 nitrogen and oxygen atoms in total. The van der Waals surface area contributed by atoms with Gasteiger partial charge in [0.15, 0.2) is 0 Å². The van der Waals surface area contributed by atoms with Crippen LogP contribution in [-0.4, -0.2) is 9.55 Å². The van der Waals surface area contributed by atoms with Gasteiger partial charge in [0.25, 0.3) is 0 Å². The van der Waals surface area contributed by atoms with Crippen LogP contribution in [0.2, 0.25) is 0 Å². The normalized spacial score (nSPS) is 11.0. The van der Waals surface area contributed by atoms with E-state index in [1.807, 2.05) is 30.6 Å². The van der Waals surface area contributed by atoms with Gasteiger partial charge in [-0.15, -0.1) is 0 Å². The Kier molecular flexibility index (Phi) is 2.33. The van der Waals surface area contributed by atoms with Crippen LogP contribution in [0, 0.1) is 13.8 Å². The lowest BCUT2D eigenvalue weighted by Gasteiger charge is -2.06. The van der Waals surface area contributed by atoms with Crippen LogP contribution in [0.3, 0.4) is 0 Å². The minimum atomic E-state index is 0.762. The van der Waals surface area contributed by atoms with Crippen molar-refractivity contribution in [2.45, 2.75) is 13.8 Å². The maximum absolute atomic E-state index is 5.83. The monoisotopic (exact) mass is 237 g/mol. The Labute approximate surface area is 106 Å². The second kappa shape index (κ2) is 3.88. The van der Waals surface area contributed by atoms with Gasteiger partial charge in [0.2, 0.25) is 0 Å². The average molecular weight is 237 g/mol. The Morgan fingerprint density at radius 2 is 1.83 bits per heavy atom. The van der Waals surface area contributed by atoms with Gasteiger partial charge in [0.1, 0.15) is 6.33 Å². The molecule has 18 heavy (non-hydrogen) atoms. The number of rotatable bonds is 1. The highest BCUT2D eigenvalue weighted by molar-refractivity contribution is 5.79. The van der Waals surface area contributed by atoms with Crippen LogP contribution in [0.25, 0.3) is 16.7 Å². The molecular weight excluding hydrogens is 222 g/mol. The van der Waals surface area contributed by atoms with E-state index in [-0.39, 0.29) is 0 Å². The molecule has 0 bridgehead atoms. The summed E-state index contributed by atoms with van der Waals surface area (Å²) in [5.74, 6) is 0. The molecule has 2 aromatic carbocycles. The van der Waals surface area contributed by atoms with E-state index in [2.05, 4.69) is 35.5 Å². The second-order valence-corrected chi connectivity index (χ2v) is 4.63. The van der Waals surface area contributed by atoms with Crippen molar-refractivity contribution < 1.29 is 0 Å². The lowest BCUT2D eigenvalue weighted by molar-refractivity contribution is 1.09. The van der Waals surface area contributed by atoms with Crippen LogP contribution < -0.4 is 5.73 Å². The number of aromatic nitrogens is 2. The van der Waals surface area contributed by atoms with Gasteiger partial charge in [0, 0.05) is 11.4 Å². The smallest absolute Gasteiger partial charge is 0.100 e. The summed E-state index contributed by atoms with van der Waals surface area (Å²) in [6.07, 6.45) is 1.85. The molecule has 2 N–H and O–H groups in total.